The van der Waals surface area contributed by atoms with E-state index < -0.39 is 120 Å². The predicted molar refractivity (Wildman–Crippen MR) is 94.6 cm³/mol. The van der Waals surface area contributed by atoms with Crippen LogP contribution in [0.25, 0.3) is 0 Å². The zero-order chi connectivity index (χ0) is 37.3. The van der Waals surface area contributed by atoms with Crippen molar-refractivity contribution in [3.8, 4) is 0 Å². The fraction of sp³-hybridized carbons (Fsp3) is 0.889. The number of rotatable bonds is 12. The Balaban J connectivity index is 3.31. The summed E-state index contributed by atoms with van der Waals surface area (Å²) in [5.74, 6) is -85.8. The maximum atomic E-state index is 14.0. The molecule has 0 unspecified atom stereocenters. The molecule has 0 N–H and O–H groups in total. The van der Waals surface area contributed by atoms with Gasteiger partial charge in [-0.05, 0) is 0 Å². The molecule has 1 fully saturated rings. The van der Waals surface area contributed by atoms with Gasteiger partial charge in [0, 0.05) is 26.2 Å². The van der Waals surface area contributed by atoms with Crippen molar-refractivity contribution in [3.63, 3.8) is 0 Å². The third kappa shape index (κ3) is 5.40. The van der Waals surface area contributed by atoms with Gasteiger partial charge >= 0.3 is 72.1 Å². The highest BCUT2D eigenvalue weighted by atomic mass is 19.4. The zero-order valence-corrected chi connectivity index (χ0v) is 20.8. The minimum atomic E-state index is -8.21. The van der Waals surface area contributed by atoms with Gasteiger partial charge in [-0.2, -0.15) is 87.8 Å². The molecule has 0 bridgehead atoms. The molecule has 0 radical (unpaired) electrons. The van der Waals surface area contributed by atoms with Crippen LogP contribution in [0.5, 0.6) is 0 Å². The number of halogens is 24. The molecule has 0 aromatic carbocycles. The van der Waals surface area contributed by atoms with E-state index >= 15 is 0 Å². The molecule has 0 aromatic rings. The first-order valence-corrected chi connectivity index (χ1v) is 10.9. The van der Waals surface area contributed by atoms with Crippen LogP contribution in [0.2, 0.25) is 0 Å². The summed E-state index contributed by atoms with van der Waals surface area (Å²) in [5.41, 5.74) is 0. The summed E-state index contributed by atoms with van der Waals surface area (Å²) in [5, 5.41) is 0. The van der Waals surface area contributed by atoms with Gasteiger partial charge in [-0.1, -0.05) is 0 Å². The number of amides is 2. The number of carbonyl (C=O) groups excluding carboxylic acids is 2. The van der Waals surface area contributed by atoms with Crippen LogP contribution in [0.1, 0.15) is 0 Å². The minimum Gasteiger partial charge on any atom is -0.334 e. The molecular weight excluding hydrogens is 732 g/mol. The second-order valence-corrected chi connectivity index (χ2v) is 9.03. The van der Waals surface area contributed by atoms with E-state index in [0.717, 1.165) is 0 Å². The minimum absolute atomic E-state index is 0.987. The van der Waals surface area contributed by atoms with Crippen LogP contribution in [0.4, 0.5) is 105 Å². The molecule has 1 aliphatic heterocycles. The fourth-order valence-electron chi connectivity index (χ4n) is 3.26. The van der Waals surface area contributed by atoms with E-state index in [9.17, 15) is 115 Å². The molecule has 2 amide bonds. The Kier molecular flexibility index (Phi) is 10.3. The summed E-state index contributed by atoms with van der Waals surface area (Å²) in [6, 6.07) is 0. The fourth-order valence-corrected chi connectivity index (χ4v) is 3.26. The van der Waals surface area contributed by atoms with Crippen LogP contribution in [-0.2, 0) is 9.59 Å². The summed E-state index contributed by atoms with van der Waals surface area (Å²) in [6.07, 6.45) is -11.8. The maximum absolute atomic E-state index is 14.0. The molecule has 28 heteroatoms. The summed E-state index contributed by atoms with van der Waals surface area (Å²) in [6.45, 7) is -8.27. The number of hydrogen-bond donors (Lipinski definition) is 0. The standard InChI is InChI=1S/C18H10F24N2O2/c19-5(20)9(23,24)13(31,32)17(39,40)15(35,36)11(27,28)7(45)43-1-2-44(4-3-43)8(46)12(29,30)16(37,38)18(41,42)14(33,34)10(25,26)6(21)22/h5-6H,1-4H2. The molecule has 1 heterocycles. The Morgan fingerprint density at radius 1 is 0.370 bits per heavy atom. The molecule has 0 aliphatic carbocycles. The first-order valence-electron chi connectivity index (χ1n) is 10.9. The van der Waals surface area contributed by atoms with E-state index in [0.29, 0.717) is 0 Å². The van der Waals surface area contributed by atoms with Crippen molar-refractivity contribution in [2.45, 2.75) is 72.1 Å². The number of nitrogens with zero attached hydrogens (tertiary/aromatic N) is 2. The Morgan fingerprint density at radius 3 is 0.739 bits per heavy atom. The third-order valence-corrected chi connectivity index (χ3v) is 6.14. The average molecular weight is 742 g/mol. The van der Waals surface area contributed by atoms with Gasteiger partial charge in [-0.25, -0.2) is 17.6 Å². The molecule has 1 saturated heterocycles. The largest absolute Gasteiger partial charge is 0.392 e. The van der Waals surface area contributed by atoms with Crippen LogP contribution >= 0.6 is 0 Å². The summed E-state index contributed by atoms with van der Waals surface area (Å²) in [4.78, 5) is 21.5. The van der Waals surface area contributed by atoms with Gasteiger partial charge in [-0.15, -0.1) is 0 Å². The van der Waals surface area contributed by atoms with Crippen LogP contribution < -0.4 is 0 Å². The van der Waals surface area contributed by atoms with Gasteiger partial charge in [0.2, 0.25) is 0 Å². The number of carbonyl (C=O) groups is 2. The highest BCUT2D eigenvalue weighted by molar-refractivity contribution is 5.87. The highest BCUT2D eigenvalue weighted by Gasteiger charge is 2.90. The molecule has 0 atom stereocenters. The second kappa shape index (κ2) is 11.5. The molecule has 4 nitrogen and oxygen atoms in total. The SMILES string of the molecule is O=C(N1CCN(C(=O)C(F)(F)C(F)(F)C(F)(F)C(F)(F)C(F)(F)C(F)F)CC1)C(F)(F)C(F)(F)C(F)(F)C(F)(F)C(F)(F)C(F)F. The van der Waals surface area contributed by atoms with Gasteiger partial charge < -0.3 is 9.80 Å². The van der Waals surface area contributed by atoms with Gasteiger partial charge in [0.15, 0.2) is 0 Å². The topological polar surface area (TPSA) is 40.6 Å². The highest BCUT2D eigenvalue weighted by Crippen LogP contribution is 2.60. The molecule has 1 rings (SSSR count). The number of piperazine rings is 1. The lowest BCUT2D eigenvalue weighted by atomic mass is 9.93. The lowest BCUT2D eigenvalue weighted by molar-refractivity contribution is -0.408. The Morgan fingerprint density at radius 2 is 0.565 bits per heavy atom. The molecule has 0 saturated carbocycles. The zero-order valence-electron chi connectivity index (χ0n) is 20.8. The van der Waals surface area contributed by atoms with Crippen LogP contribution in [0.15, 0.2) is 0 Å². The van der Waals surface area contributed by atoms with Crippen molar-refractivity contribution in [1.29, 1.82) is 0 Å². The van der Waals surface area contributed by atoms with E-state index in [4.69, 9.17) is 0 Å². The van der Waals surface area contributed by atoms with Gasteiger partial charge in [0.25, 0.3) is 11.8 Å². The summed E-state index contributed by atoms with van der Waals surface area (Å²) >= 11 is 0. The van der Waals surface area contributed by atoms with Crippen molar-refractivity contribution in [3.05, 3.63) is 0 Å². The summed E-state index contributed by atoms with van der Waals surface area (Å²) in [7, 11) is 0. The van der Waals surface area contributed by atoms with E-state index in [-0.39, 0.29) is 0 Å². The molecular formula is C18H10F24N2O2. The Bertz CT molecular complexity index is 1050. The molecule has 0 aromatic heterocycles. The van der Waals surface area contributed by atoms with Crippen molar-refractivity contribution in [1.82, 2.24) is 9.80 Å². The monoisotopic (exact) mass is 742 g/mol. The number of hydrogen-bond acceptors (Lipinski definition) is 2. The van der Waals surface area contributed by atoms with E-state index in [1.54, 1.807) is 0 Å². The lowest BCUT2D eigenvalue weighted by Gasteiger charge is -2.42. The quantitative estimate of drug-likeness (QED) is 0.214. The molecule has 272 valence electrons. The average Bonchev–Trinajstić information content (AvgIpc) is 2.90. The molecule has 1 aliphatic rings. The van der Waals surface area contributed by atoms with Crippen molar-refractivity contribution < 1.29 is 115 Å². The lowest BCUT2D eigenvalue weighted by Crippen LogP contribution is -2.72. The van der Waals surface area contributed by atoms with E-state index in [1.807, 2.05) is 0 Å². The van der Waals surface area contributed by atoms with E-state index in [2.05, 4.69) is 0 Å². The van der Waals surface area contributed by atoms with Crippen LogP contribution in [-0.4, -0.2) is 120 Å². The molecule has 46 heavy (non-hydrogen) atoms. The van der Waals surface area contributed by atoms with E-state index in [1.165, 1.54) is 0 Å². The van der Waals surface area contributed by atoms with Gasteiger partial charge in [-0.3, -0.25) is 9.59 Å². The Labute approximate surface area is 236 Å². The van der Waals surface area contributed by atoms with Crippen LogP contribution in [0, 0.1) is 0 Å². The third-order valence-electron chi connectivity index (χ3n) is 6.14. The van der Waals surface area contributed by atoms with Crippen molar-refractivity contribution >= 4 is 11.8 Å². The summed E-state index contributed by atoms with van der Waals surface area (Å²) < 4.78 is 319. The number of alkyl halides is 24. The van der Waals surface area contributed by atoms with Gasteiger partial charge in [0.05, 0.1) is 0 Å². The Hall–Kier alpha value is -2.74. The van der Waals surface area contributed by atoms with Crippen molar-refractivity contribution in [2.24, 2.45) is 0 Å². The van der Waals surface area contributed by atoms with Crippen molar-refractivity contribution in [2.75, 3.05) is 26.2 Å². The smallest absolute Gasteiger partial charge is 0.334 e. The van der Waals surface area contributed by atoms with Crippen LogP contribution in [0.3, 0.4) is 0 Å². The second-order valence-electron chi connectivity index (χ2n) is 9.03. The predicted octanol–water partition coefficient (Wildman–Crippen LogP) is 6.54. The molecule has 0 spiro atoms. The first kappa shape index (κ1) is 41.3. The maximum Gasteiger partial charge on any atom is 0.392 e. The van der Waals surface area contributed by atoms with Gasteiger partial charge in [0.1, 0.15) is 0 Å². The normalized spacial score (nSPS) is 17.7. The first-order chi connectivity index (χ1) is 19.9.